The molecular formula is C22H15N3O4. The summed E-state index contributed by atoms with van der Waals surface area (Å²) >= 11 is 0. The van der Waals surface area contributed by atoms with Gasteiger partial charge in [-0.05, 0) is 12.1 Å². The number of ether oxygens (including phenoxy) is 2. The second kappa shape index (κ2) is 6.96. The summed E-state index contributed by atoms with van der Waals surface area (Å²) < 4.78 is 10.9. The summed E-state index contributed by atoms with van der Waals surface area (Å²) in [5.74, 6) is 0.563. The minimum Gasteiger partial charge on any atom is -0.466 e. The number of nitro groups is 1. The first-order valence-electron chi connectivity index (χ1n) is 9.04. The van der Waals surface area contributed by atoms with E-state index >= 15 is 0 Å². The standard InChI is InChI=1S/C22H15N3O4/c26-25(27)16-9-14(22-15(10-16)12-28-13-29-22)11-23-21-17-5-1-3-7-19(17)24-20-8-4-2-6-18(20)21/h1-11H,12-13H2. The first kappa shape index (κ1) is 17.3. The molecule has 2 heterocycles. The second-order valence-electron chi connectivity index (χ2n) is 6.64. The van der Waals surface area contributed by atoms with Gasteiger partial charge in [-0.3, -0.25) is 15.1 Å². The summed E-state index contributed by atoms with van der Waals surface area (Å²) in [5.41, 5.74) is 3.59. The van der Waals surface area contributed by atoms with E-state index in [1.807, 2.05) is 48.5 Å². The fraction of sp³-hybridized carbons (Fsp3) is 0.0909. The van der Waals surface area contributed by atoms with Crippen molar-refractivity contribution in [1.82, 2.24) is 4.98 Å². The van der Waals surface area contributed by atoms with Crippen LogP contribution in [0.25, 0.3) is 21.8 Å². The molecule has 0 radical (unpaired) electrons. The molecule has 4 aromatic rings. The predicted molar refractivity (Wildman–Crippen MR) is 110 cm³/mol. The van der Waals surface area contributed by atoms with Crippen LogP contribution in [0.5, 0.6) is 5.75 Å². The van der Waals surface area contributed by atoms with E-state index in [9.17, 15) is 10.1 Å². The first-order chi connectivity index (χ1) is 14.2. The lowest BCUT2D eigenvalue weighted by Gasteiger charge is -2.19. The molecule has 5 rings (SSSR count). The number of non-ortho nitro benzene ring substituents is 1. The van der Waals surface area contributed by atoms with Crippen LogP contribution in [0.15, 0.2) is 65.7 Å². The molecule has 0 N–H and O–H groups in total. The van der Waals surface area contributed by atoms with E-state index in [0.29, 0.717) is 16.9 Å². The summed E-state index contributed by atoms with van der Waals surface area (Å²) in [6.07, 6.45) is 1.62. The largest absolute Gasteiger partial charge is 0.466 e. The average molecular weight is 385 g/mol. The maximum Gasteiger partial charge on any atom is 0.270 e. The van der Waals surface area contributed by atoms with Crippen LogP contribution in [-0.2, 0) is 11.3 Å². The van der Waals surface area contributed by atoms with Crippen LogP contribution in [0.4, 0.5) is 11.4 Å². The molecule has 29 heavy (non-hydrogen) atoms. The summed E-state index contributed by atoms with van der Waals surface area (Å²) in [5, 5.41) is 13.2. The third kappa shape index (κ3) is 3.07. The molecule has 0 amide bonds. The van der Waals surface area contributed by atoms with Crippen molar-refractivity contribution >= 4 is 39.4 Å². The zero-order valence-electron chi connectivity index (χ0n) is 15.2. The number of pyridine rings is 1. The van der Waals surface area contributed by atoms with Gasteiger partial charge in [-0.2, -0.15) is 0 Å². The van der Waals surface area contributed by atoms with Crippen LogP contribution in [-0.4, -0.2) is 22.9 Å². The normalized spacial score (nSPS) is 13.5. The Morgan fingerprint density at radius 3 is 2.41 bits per heavy atom. The first-order valence-corrected chi connectivity index (χ1v) is 9.04. The Balaban J connectivity index is 1.72. The lowest BCUT2D eigenvalue weighted by atomic mass is 10.1. The van der Waals surface area contributed by atoms with Crippen molar-refractivity contribution in [3.63, 3.8) is 0 Å². The van der Waals surface area contributed by atoms with E-state index in [-0.39, 0.29) is 19.1 Å². The van der Waals surface area contributed by atoms with E-state index in [2.05, 4.69) is 0 Å². The number of para-hydroxylation sites is 2. The van der Waals surface area contributed by atoms with Crippen LogP contribution in [0.1, 0.15) is 11.1 Å². The van der Waals surface area contributed by atoms with Crippen LogP contribution < -0.4 is 4.74 Å². The van der Waals surface area contributed by atoms with Crippen molar-refractivity contribution in [1.29, 1.82) is 0 Å². The van der Waals surface area contributed by atoms with Crippen LogP contribution in [0, 0.1) is 10.1 Å². The molecule has 0 bridgehead atoms. The zero-order valence-corrected chi connectivity index (χ0v) is 15.2. The molecule has 0 saturated carbocycles. The maximum absolute atomic E-state index is 11.3. The highest BCUT2D eigenvalue weighted by atomic mass is 16.7. The van der Waals surface area contributed by atoms with Gasteiger partial charge in [0, 0.05) is 40.2 Å². The number of aliphatic imine (C=N–C) groups is 1. The van der Waals surface area contributed by atoms with Crippen LogP contribution >= 0.6 is 0 Å². The monoisotopic (exact) mass is 385 g/mol. The van der Waals surface area contributed by atoms with Gasteiger partial charge in [-0.1, -0.05) is 36.4 Å². The number of fused-ring (bicyclic) bond motifs is 3. The molecular weight excluding hydrogens is 370 g/mol. The topological polar surface area (TPSA) is 86.9 Å². The number of nitrogens with zero attached hydrogens (tertiary/aromatic N) is 3. The van der Waals surface area contributed by atoms with Gasteiger partial charge < -0.3 is 9.47 Å². The molecule has 1 aromatic heterocycles. The highest BCUT2D eigenvalue weighted by Crippen LogP contribution is 2.35. The van der Waals surface area contributed by atoms with Gasteiger partial charge in [0.25, 0.3) is 5.69 Å². The van der Waals surface area contributed by atoms with Crippen molar-refractivity contribution in [2.75, 3.05) is 6.79 Å². The summed E-state index contributed by atoms with van der Waals surface area (Å²) in [4.78, 5) is 20.3. The summed E-state index contributed by atoms with van der Waals surface area (Å²) in [6, 6.07) is 18.5. The van der Waals surface area contributed by atoms with Gasteiger partial charge in [-0.25, -0.2) is 4.98 Å². The quantitative estimate of drug-likeness (QED) is 0.216. The summed E-state index contributed by atoms with van der Waals surface area (Å²) in [6.45, 7) is 0.367. The fourth-order valence-corrected chi connectivity index (χ4v) is 3.52. The molecule has 142 valence electrons. The molecule has 0 aliphatic carbocycles. The molecule has 3 aromatic carbocycles. The van der Waals surface area contributed by atoms with E-state index in [4.69, 9.17) is 19.5 Å². The highest BCUT2D eigenvalue weighted by molar-refractivity contribution is 6.07. The average Bonchev–Trinajstić information content (AvgIpc) is 2.76. The van der Waals surface area contributed by atoms with Crippen molar-refractivity contribution in [3.05, 3.63) is 81.9 Å². The number of aromatic nitrogens is 1. The van der Waals surface area contributed by atoms with Gasteiger partial charge in [-0.15, -0.1) is 0 Å². The smallest absolute Gasteiger partial charge is 0.270 e. The number of hydrogen-bond donors (Lipinski definition) is 0. The molecule has 0 unspecified atom stereocenters. The molecule has 1 aliphatic heterocycles. The Kier molecular flexibility index (Phi) is 4.14. The van der Waals surface area contributed by atoms with Gasteiger partial charge in [0.1, 0.15) is 5.75 Å². The van der Waals surface area contributed by atoms with Gasteiger partial charge in [0.05, 0.1) is 28.3 Å². The summed E-state index contributed by atoms with van der Waals surface area (Å²) in [7, 11) is 0. The van der Waals surface area contributed by atoms with Crippen molar-refractivity contribution < 1.29 is 14.4 Å². The number of benzene rings is 3. The molecule has 0 atom stereocenters. The molecule has 7 nitrogen and oxygen atoms in total. The minimum absolute atomic E-state index is 0.0243. The number of rotatable bonds is 3. The number of hydrogen-bond acceptors (Lipinski definition) is 6. The molecule has 7 heteroatoms. The minimum atomic E-state index is -0.427. The lowest BCUT2D eigenvalue weighted by Crippen LogP contribution is -2.13. The molecule has 0 spiro atoms. The Bertz CT molecular complexity index is 1250. The van der Waals surface area contributed by atoms with Crippen molar-refractivity contribution in [2.45, 2.75) is 6.61 Å². The van der Waals surface area contributed by atoms with Crippen LogP contribution in [0.3, 0.4) is 0 Å². The van der Waals surface area contributed by atoms with Crippen molar-refractivity contribution in [3.8, 4) is 5.75 Å². The van der Waals surface area contributed by atoms with E-state index in [1.165, 1.54) is 12.1 Å². The third-order valence-corrected chi connectivity index (χ3v) is 4.83. The van der Waals surface area contributed by atoms with Gasteiger partial charge in [0.2, 0.25) is 0 Å². The molecule has 1 aliphatic rings. The van der Waals surface area contributed by atoms with E-state index in [1.54, 1.807) is 6.21 Å². The Morgan fingerprint density at radius 2 is 1.72 bits per heavy atom. The lowest BCUT2D eigenvalue weighted by molar-refractivity contribution is -0.385. The van der Waals surface area contributed by atoms with Gasteiger partial charge >= 0.3 is 0 Å². The second-order valence-corrected chi connectivity index (χ2v) is 6.64. The number of nitro benzene ring substituents is 1. The Labute approximate surface area is 165 Å². The SMILES string of the molecule is O=[N+]([O-])c1cc(C=Nc2c3ccccc3nc3ccccc23)c2c(c1)COCO2. The van der Waals surface area contributed by atoms with E-state index < -0.39 is 4.92 Å². The Morgan fingerprint density at radius 1 is 1.03 bits per heavy atom. The molecule has 0 fully saturated rings. The van der Waals surface area contributed by atoms with Crippen molar-refractivity contribution in [2.24, 2.45) is 4.99 Å². The fourth-order valence-electron chi connectivity index (χ4n) is 3.52. The zero-order chi connectivity index (χ0) is 19.8. The molecule has 0 saturated heterocycles. The van der Waals surface area contributed by atoms with Crippen LogP contribution in [0.2, 0.25) is 0 Å². The Hall–Kier alpha value is -3.84. The maximum atomic E-state index is 11.3. The van der Waals surface area contributed by atoms with Gasteiger partial charge in [0.15, 0.2) is 6.79 Å². The highest BCUT2D eigenvalue weighted by Gasteiger charge is 2.20. The van der Waals surface area contributed by atoms with E-state index in [0.717, 1.165) is 27.5 Å². The third-order valence-electron chi connectivity index (χ3n) is 4.83. The predicted octanol–water partition coefficient (Wildman–Crippen LogP) is 4.91.